The molecule has 1 aliphatic rings. The number of aliphatic imine (C=N–C) groups is 1. The molecule has 1 atom stereocenters. The van der Waals surface area contributed by atoms with Crippen LogP contribution in [-0.4, -0.2) is 40.2 Å². The molecule has 1 aliphatic heterocycles. The SMILES string of the molecule is CCN=C1S[C@@H](CC(=O)Nc2ccc(Cl)c(C(F)(F)F)c2)C(=O)N1CC. The molecule has 1 N–H and O–H groups in total. The van der Waals surface area contributed by atoms with Crippen LogP contribution >= 0.6 is 23.4 Å². The summed E-state index contributed by atoms with van der Waals surface area (Å²) >= 11 is 6.74. The second-order valence-electron chi connectivity index (χ2n) is 5.39. The Hall–Kier alpha value is -1.74. The maximum atomic E-state index is 12.9. The van der Waals surface area contributed by atoms with Crippen molar-refractivity contribution in [1.29, 1.82) is 0 Å². The van der Waals surface area contributed by atoms with E-state index in [2.05, 4.69) is 10.3 Å². The van der Waals surface area contributed by atoms with Crippen molar-refractivity contribution >= 4 is 46.0 Å². The minimum absolute atomic E-state index is 0.0306. The number of benzene rings is 1. The summed E-state index contributed by atoms with van der Waals surface area (Å²) < 4.78 is 38.6. The highest BCUT2D eigenvalue weighted by Gasteiger charge is 2.38. The normalized spacial score (nSPS) is 19.3. The van der Waals surface area contributed by atoms with Gasteiger partial charge < -0.3 is 5.32 Å². The zero-order valence-electron chi connectivity index (χ0n) is 14.1. The van der Waals surface area contributed by atoms with Crippen LogP contribution in [0.5, 0.6) is 0 Å². The lowest BCUT2D eigenvalue weighted by molar-refractivity contribution is -0.137. The summed E-state index contributed by atoms with van der Waals surface area (Å²) in [5, 5.41) is 1.85. The molecule has 5 nitrogen and oxygen atoms in total. The molecule has 142 valence electrons. The summed E-state index contributed by atoms with van der Waals surface area (Å²) in [4.78, 5) is 30.2. The maximum Gasteiger partial charge on any atom is 0.417 e. The van der Waals surface area contributed by atoms with Crippen molar-refractivity contribution in [2.75, 3.05) is 18.4 Å². The van der Waals surface area contributed by atoms with Gasteiger partial charge in [-0.25, -0.2) is 0 Å². The second-order valence-corrected chi connectivity index (χ2v) is 6.97. The van der Waals surface area contributed by atoms with Crippen molar-refractivity contribution in [3.8, 4) is 0 Å². The Morgan fingerprint density at radius 3 is 2.65 bits per heavy atom. The number of carbonyl (C=O) groups excluding carboxylic acids is 2. The molecular weight excluding hydrogens is 391 g/mol. The second kappa shape index (κ2) is 8.30. The molecule has 1 heterocycles. The van der Waals surface area contributed by atoms with Crippen LogP contribution in [0.1, 0.15) is 25.8 Å². The van der Waals surface area contributed by atoms with E-state index in [0.717, 1.165) is 12.1 Å². The molecule has 0 bridgehead atoms. The minimum atomic E-state index is -4.62. The number of hydrogen-bond acceptors (Lipinski definition) is 4. The number of nitrogens with zero attached hydrogens (tertiary/aromatic N) is 2. The van der Waals surface area contributed by atoms with Crippen molar-refractivity contribution in [3.63, 3.8) is 0 Å². The number of nitrogens with one attached hydrogen (secondary N) is 1. The van der Waals surface area contributed by atoms with Gasteiger partial charge in [0.15, 0.2) is 5.17 Å². The zero-order valence-corrected chi connectivity index (χ0v) is 15.6. The average Bonchev–Trinajstić information content (AvgIpc) is 2.83. The first-order valence-electron chi connectivity index (χ1n) is 7.86. The quantitative estimate of drug-likeness (QED) is 0.801. The van der Waals surface area contributed by atoms with E-state index in [1.807, 2.05) is 6.92 Å². The van der Waals surface area contributed by atoms with E-state index < -0.39 is 27.9 Å². The summed E-state index contributed by atoms with van der Waals surface area (Å²) in [5.41, 5.74) is -1.06. The van der Waals surface area contributed by atoms with Gasteiger partial charge in [-0.05, 0) is 32.0 Å². The highest BCUT2D eigenvalue weighted by atomic mass is 35.5. The van der Waals surface area contributed by atoms with Gasteiger partial charge in [-0.2, -0.15) is 13.2 Å². The zero-order chi connectivity index (χ0) is 19.5. The van der Waals surface area contributed by atoms with Crippen LogP contribution in [0.4, 0.5) is 18.9 Å². The Balaban J connectivity index is 2.08. The van der Waals surface area contributed by atoms with Crippen LogP contribution in [-0.2, 0) is 15.8 Å². The van der Waals surface area contributed by atoms with E-state index in [-0.39, 0.29) is 18.0 Å². The third kappa shape index (κ3) is 4.70. The summed E-state index contributed by atoms with van der Waals surface area (Å²) in [6.45, 7) is 4.59. The fraction of sp³-hybridized carbons (Fsp3) is 0.438. The highest BCUT2D eigenvalue weighted by molar-refractivity contribution is 8.15. The van der Waals surface area contributed by atoms with Gasteiger partial charge in [-0.1, -0.05) is 23.4 Å². The van der Waals surface area contributed by atoms with E-state index in [1.54, 1.807) is 6.92 Å². The molecule has 1 saturated heterocycles. The molecule has 1 aromatic carbocycles. The van der Waals surface area contributed by atoms with Gasteiger partial charge >= 0.3 is 6.18 Å². The molecule has 26 heavy (non-hydrogen) atoms. The lowest BCUT2D eigenvalue weighted by Gasteiger charge is -2.13. The Kier molecular flexibility index (Phi) is 6.57. The smallest absolute Gasteiger partial charge is 0.326 e. The predicted molar refractivity (Wildman–Crippen MR) is 96.4 cm³/mol. The number of anilines is 1. The summed E-state index contributed by atoms with van der Waals surface area (Å²) in [7, 11) is 0. The van der Waals surface area contributed by atoms with Crippen LogP contribution in [0.25, 0.3) is 0 Å². The number of rotatable bonds is 5. The summed E-state index contributed by atoms with van der Waals surface area (Å²) in [6, 6.07) is 3.12. The maximum absolute atomic E-state index is 12.9. The third-order valence-corrected chi connectivity index (χ3v) is 5.10. The van der Waals surface area contributed by atoms with Crippen molar-refractivity contribution in [1.82, 2.24) is 4.90 Å². The first-order chi connectivity index (χ1) is 12.2. The van der Waals surface area contributed by atoms with Crippen LogP contribution in [0.15, 0.2) is 23.2 Å². The van der Waals surface area contributed by atoms with Gasteiger partial charge in [0.1, 0.15) is 5.25 Å². The molecule has 0 saturated carbocycles. The Morgan fingerprint density at radius 1 is 1.38 bits per heavy atom. The van der Waals surface area contributed by atoms with Crippen LogP contribution in [0, 0.1) is 0 Å². The van der Waals surface area contributed by atoms with Crippen LogP contribution in [0.3, 0.4) is 0 Å². The molecule has 10 heteroatoms. The van der Waals surface area contributed by atoms with Gasteiger partial charge in [0.2, 0.25) is 11.8 Å². The van der Waals surface area contributed by atoms with Crippen molar-refractivity contribution in [2.24, 2.45) is 4.99 Å². The Labute approximate surface area is 158 Å². The number of alkyl halides is 3. The van der Waals surface area contributed by atoms with E-state index in [4.69, 9.17) is 11.6 Å². The van der Waals surface area contributed by atoms with E-state index in [1.165, 1.54) is 22.7 Å². The van der Waals surface area contributed by atoms with Gasteiger partial charge in [-0.15, -0.1) is 0 Å². The number of amides is 2. The Bertz CT molecular complexity index is 740. The largest absolute Gasteiger partial charge is 0.417 e. The number of halogens is 4. The monoisotopic (exact) mass is 407 g/mol. The molecule has 2 rings (SSSR count). The molecule has 2 amide bonds. The Morgan fingerprint density at radius 2 is 2.08 bits per heavy atom. The minimum Gasteiger partial charge on any atom is -0.326 e. The molecule has 0 aromatic heterocycles. The fourth-order valence-corrected chi connectivity index (χ4v) is 3.88. The molecule has 0 aliphatic carbocycles. The van der Waals surface area contributed by atoms with Crippen LogP contribution < -0.4 is 5.32 Å². The predicted octanol–water partition coefficient (Wildman–Crippen LogP) is 4.03. The number of hydrogen-bond donors (Lipinski definition) is 1. The highest BCUT2D eigenvalue weighted by Crippen LogP contribution is 2.36. The number of thioether (sulfide) groups is 1. The number of amidine groups is 1. The van der Waals surface area contributed by atoms with Gasteiger partial charge in [-0.3, -0.25) is 19.5 Å². The molecule has 1 fully saturated rings. The van der Waals surface area contributed by atoms with E-state index in [9.17, 15) is 22.8 Å². The number of carbonyl (C=O) groups is 2. The van der Waals surface area contributed by atoms with Crippen LogP contribution in [0.2, 0.25) is 5.02 Å². The van der Waals surface area contributed by atoms with Crippen molar-refractivity contribution in [3.05, 3.63) is 28.8 Å². The topological polar surface area (TPSA) is 61.8 Å². The van der Waals surface area contributed by atoms with Gasteiger partial charge in [0, 0.05) is 25.2 Å². The van der Waals surface area contributed by atoms with E-state index >= 15 is 0 Å². The van der Waals surface area contributed by atoms with Crippen molar-refractivity contribution < 1.29 is 22.8 Å². The standard InChI is InChI=1S/C16H17ClF3N3O2S/c1-3-21-15-23(4-2)14(25)12(26-15)8-13(24)22-9-5-6-11(17)10(7-9)16(18,19)20/h5-7,12H,3-4,8H2,1-2H3,(H,22,24)/t12-/m0/s1. The molecule has 1 aromatic rings. The first kappa shape index (κ1) is 20.6. The van der Waals surface area contributed by atoms with Gasteiger partial charge in [0.05, 0.1) is 10.6 Å². The molecule has 0 spiro atoms. The average molecular weight is 408 g/mol. The first-order valence-corrected chi connectivity index (χ1v) is 9.12. The lowest BCUT2D eigenvalue weighted by atomic mass is 10.2. The fourth-order valence-electron chi connectivity index (χ4n) is 2.39. The third-order valence-electron chi connectivity index (χ3n) is 3.56. The van der Waals surface area contributed by atoms with Crippen molar-refractivity contribution in [2.45, 2.75) is 31.7 Å². The summed E-state index contributed by atoms with van der Waals surface area (Å²) in [6.07, 6.45) is -4.78. The molecule has 0 unspecified atom stereocenters. The summed E-state index contributed by atoms with van der Waals surface area (Å²) in [5.74, 6) is -0.785. The van der Waals surface area contributed by atoms with E-state index in [0.29, 0.717) is 18.3 Å². The molecular formula is C16H17ClF3N3O2S. The van der Waals surface area contributed by atoms with Gasteiger partial charge in [0.25, 0.3) is 0 Å². The molecule has 0 radical (unpaired) electrons. The lowest BCUT2D eigenvalue weighted by Crippen LogP contribution is -2.33.